The lowest BCUT2D eigenvalue weighted by atomic mass is 10.1. The van der Waals surface area contributed by atoms with Crippen molar-refractivity contribution in [2.45, 2.75) is 32.7 Å². The first kappa shape index (κ1) is 20.6. The Balaban J connectivity index is 2.05. The van der Waals surface area contributed by atoms with Crippen molar-refractivity contribution >= 4 is 28.9 Å². The highest BCUT2D eigenvalue weighted by molar-refractivity contribution is 7.80. The molecule has 6 heteroatoms. The van der Waals surface area contributed by atoms with Gasteiger partial charge in [-0.15, -0.1) is 0 Å². The number of amides is 1. The van der Waals surface area contributed by atoms with Crippen LogP contribution in [0.25, 0.3) is 0 Å². The zero-order chi connectivity index (χ0) is 19.6. The van der Waals surface area contributed by atoms with Gasteiger partial charge in [0.1, 0.15) is 0 Å². The largest absolute Gasteiger partial charge is 0.375 e. The summed E-state index contributed by atoms with van der Waals surface area (Å²) in [6.45, 7) is 4.70. The Morgan fingerprint density at radius 3 is 2.15 bits per heavy atom. The van der Waals surface area contributed by atoms with E-state index in [0.29, 0.717) is 18.5 Å². The average molecular weight is 383 g/mol. The average Bonchev–Trinajstić information content (AvgIpc) is 2.68. The Morgan fingerprint density at radius 2 is 1.63 bits per heavy atom. The summed E-state index contributed by atoms with van der Waals surface area (Å²) in [6, 6.07) is 19.4. The van der Waals surface area contributed by atoms with Crippen LogP contribution in [0.3, 0.4) is 0 Å². The van der Waals surface area contributed by atoms with E-state index in [0.717, 1.165) is 17.7 Å². The van der Waals surface area contributed by atoms with Crippen molar-refractivity contribution in [3.63, 3.8) is 0 Å². The van der Waals surface area contributed by atoms with Gasteiger partial charge in [-0.05, 0) is 56.6 Å². The van der Waals surface area contributed by atoms with Crippen molar-refractivity contribution in [2.24, 2.45) is 10.8 Å². The third-order valence-corrected chi connectivity index (χ3v) is 4.22. The fourth-order valence-electron chi connectivity index (χ4n) is 2.78. The van der Waals surface area contributed by atoms with Gasteiger partial charge in [0.25, 0.3) is 5.91 Å². The van der Waals surface area contributed by atoms with Gasteiger partial charge in [0.05, 0.1) is 5.71 Å². The van der Waals surface area contributed by atoms with Crippen LogP contribution in [0, 0.1) is 0 Å². The van der Waals surface area contributed by atoms with Crippen LogP contribution >= 0.6 is 12.2 Å². The molecule has 0 bridgehead atoms. The Hall–Kier alpha value is -2.73. The minimum absolute atomic E-state index is 0.0464. The van der Waals surface area contributed by atoms with Gasteiger partial charge in [0, 0.05) is 18.2 Å². The first-order valence-electron chi connectivity index (χ1n) is 9.02. The lowest BCUT2D eigenvalue weighted by Gasteiger charge is -2.27. The molecule has 0 saturated carbocycles. The molecule has 0 fully saturated rings. The highest BCUT2D eigenvalue weighted by Crippen LogP contribution is 2.12. The lowest BCUT2D eigenvalue weighted by molar-refractivity contribution is 0.0704. The lowest BCUT2D eigenvalue weighted by Crippen LogP contribution is -2.38. The van der Waals surface area contributed by atoms with E-state index in [4.69, 9.17) is 18.0 Å². The molecule has 142 valence electrons. The van der Waals surface area contributed by atoms with Gasteiger partial charge in [-0.2, -0.15) is 5.10 Å². The zero-order valence-corrected chi connectivity index (χ0v) is 16.6. The molecule has 0 atom stereocenters. The Kier molecular flexibility index (Phi) is 7.95. The molecular weight excluding hydrogens is 356 g/mol. The van der Waals surface area contributed by atoms with Gasteiger partial charge in [-0.25, -0.2) is 0 Å². The van der Waals surface area contributed by atoms with Crippen LogP contribution in [0.2, 0.25) is 0 Å². The molecule has 0 aromatic heterocycles. The van der Waals surface area contributed by atoms with Crippen LogP contribution in [0.15, 0.2) is 65.8 Å². The number of nitrogens with two attached hydrogens (primary N) is 1. The normalized spacial score (nSPS) is 11.3. The molecule has 0 radical (unpaired) electrons. The predicted molar refractivity (Wildman–Crippen MR) is 115 cm³/mol. The smallest absolute Gasteiger partial charge is 0.254 e. The van der Waals surface area contributed by atoms with Gasteiger partial charge in [0.15, 0.2) is 5.11 Å². The predicted octanol–water partition coefficient (Wildman–Crippen LogP) is 3.55. The SMILES string of the molecule is CC(C)N(CCCC(=NNC(N)=S)c1ccccc1)C(=O)c1ccccc1. The molecule has 3 N–H and O–H groups in total. The number of nitrogens with zero attached hydrogens (tertiary/aromatic N) is 2. The molecule has 27 heavy (non-hydrogen) atoms. The third-order valence-electron chi connectivity index (χ3n) is 4.13. The van der Waals surface area contributed by atoms with Crippen LogP contribution in [-0.4, -0.2) is 34.2 Å². The molecule has 0 aliphatic heterocycles. The van der Waals surface area contributed by atoms with Crippen molar-refractivity contribution in [1.29, 1.82) is 0 Å². The van der Waals surface area contributed by atoms with Crippen molar-refractivity contribution in [3.8, 4) is 0 Å². The summed E-state index contributed by atoms with van der Waals surface area (Å²) in [6.07, 6.45) is 1.48. The number of hydrazone groups is 1. The summed E-state index contributed by atoms with van der Waals surface area (Å²) < 4.78 is 0. The Bertz CT molecular complexity index is 775. The maximum absolute atomic E-state index is 12.8. The molecule has 0 heterocycles. The fourth-order valence-corrected chi connectivity index (χ4v) is 2.82. The summed E-state index contributed by atoms with van der Waals surface area (Å²) >= 11 is 4.85. The van der Waals surface area contributed by atoms with E-state index in [1.807, 2.05) is 79.4 Å². The van der Waals surface area contributed by atoms with Crippen molar-refractivity contribution in [3.05, 3.63) is 71.8 Å². The van der Waals surface area contributed by atoms with E-state index in [1.165, 1.54) is 0 Å². The number of carbonyl (C=O) groups excluding carboxylic acids is 1. The molecule has 5 nitrogen and oxygen atoms in total. The number of nitrogens with one attached hydrogen (secondary N) is 1. The number of thiocarbonyl (C=S) groups is 1. The molecule has 2 aromatic carbocycles. The standard InChI is InChI=1S/C21H26N4OS/c1-16(2)25(20(26)18-12-7-4-8-13-18)15-9-14-19(23-24-21(22)27)17-10-5-3-6-11-17/h3-8,10-13,16H,9,14-15H2,1-2H3,(H3,22,24,27). The molecule has 2 rings (SSSR count). The van der Waals surface area contributed by atoms with E-state index in [1.54, 1.807) is 0 Å². The Morgan fingerprint density at radius 1 is 1.07 bits per heavy atom. The van der Waals surface area contributed by atoms with Crippen LogP contribution in [-0.2, 0) is 0 Å². The van der Waals surface area contributed by atoms with Crippen molar-refractivity contribution in [1.82, 2.24) is 10.3 Å². The molecule has 0 spiro atoms. The molecular formula is C21H26N4OS. The number of hydrogen-bond acceptors (Lipinski definition) is 3. The first-order chi connectivity index (χ1) is 13.0. The van der Waals surface area contributed by atoms with Crippen LogP contribution < -0.4 is 11.2 Å². The van der Waals surface area contributed by atoms with E-state index in [-0.39, 0.29) is 17.1 Å². The minimum Gasteiger partial charge on any atom is -0.375 e. The molecule has 1 amide bonds. The van der Waals surface area contributed by atoms with Gasteiger partial charge < -0.3 is 10.6 Å². The second-order valence-electron chi connectivity index (χ2n) is 6.46. The van der Waals surface area contributed by atoms with E-state index < -0.39 is 0 Å². The van der Waals surface area contributed by atoms with Crippen LogP contribution in [0.1, 0.15) is 42.6 Å². The third kappa shape index (κ3) is 6.49. The summed E-state index contributed by atoms with van der Waals surface area (Å²) in [5.41, 5.74) is 10.7. The van der Waals surface area contributed by atoms with Gasteiger partial charge >= 0.3 is 0 Å². The van der Waals surface area contributed by atoms with Crippen molar-refractivity contribution < 1.29 is 4.79 Å². The maximum Gasteiger partial charge on any atom is 0.254 e. The summed E-state index contributed by atoms with van der Waals surface area (Å²) in [5, 5.41) is 4.47. The van der Waals surface area contributed by atoms with Gasteiger partial charge in [0.2, 0.25) is 0 Å². The monoisotopic (exact) mass is 382 g/mol. The van der Waals surface area contributed by atoms with Crippen LogP contribution in [0.5, 0.6) is 0 Å². The maximum atomic E-state index is 12.8. The summed E-state index contributed by atoms with van der Waals surface area (Å²) in [4.78, 5) is 14.7. The second-order valence-corrected chi connectivity index (χ2v) is 6.90. The second kappa shape index (κ2) is 10.4. The fraction of sp³-hybridized carbons (Fsp3) is 0.286. The van der Waals surface area contributed by atoms with Crippen LogP contribution in [0.4, 0.5) is 0 Å². The molecule has 0 aliphatic rings. The number of hydrogen-bond donors (Lipinski definition) is 2. The van der Waals surface area contributed by atoms with Gasteiger partial charge in [-0.3, -0.25) is 10.2 Å². The van der Waals surface area contributed by atoms with E-state index >= 15 is 0 Å². The zero-order valence-electron chi connectivity index (χ0n) is 15.8. The topological polar surface area (TPSA) is 70.7 Å². The van der Waals surface area contributed by atoms with E-state index in [2.05, 4.69) is 10.5 Å². The highest BCUT2D eigenvalue weighted by Gasteiger charge is 2.18. The highest BCUT2D eigenvalue weighted by atomic mass is 32.1. The molecule has 0 aliphatic carbocycles. The van der Waals surface area contributed by atoms with Gasteiger partial charge in [-0.1, -0.05) is 48.5 Å². The minimum atomic E-state index is 0.0464. The van der Waals surface area contributed by atoms with Crippen molar-refractivity contribution in [2.75, 3.05) is 6.54 Å². The quantitative estimate of drug-likeness (QED) is 0.416. The summed E-state index contributed by atoms with van der Waals surface area (Å²) in [5.74, 6) is 0.0464. The molecule has 2 aromatic rings. The van der Waals surface area contributed by atoms with E-state index in [9.17, 15) is 4.79 Å². The summed E-state index contributed by atoms with van der Waals surface area (Å²) in [7, 11) is 0. The number of benzene rings is 2. The first-order valence-corrected chi connectivity index (χ1v) is 9.43. The Labute approximate surface area is 166 Å². The molecule has 0 unspecified atom stereocenters. The number of carbonyl (C=O) groups is 1. The molecule has 0 saturated heterocycles. The number of rotatable bonds is 8.